The second-order valence-electron chi connectivity index (χ2n) is 3.40. The number of aryl methyl sites for hydroxylation is 1. The van der Waals surface area contributed by atoms with Gasteiger partial charge in [-0.1, -0.05) is 5.16 Å². The van der Waals surface area contributed by atoms with E-state index in [0.29, 0.717) is 11.8 Å². The summed E-state index contributed by atoms with van der Waals surface area (Å²) in [5, 5.41) is 5.74. The van der Waals surface area contributed by atoms with Crippen molar-refractivity contribution in [3.05, 3.63) is 47.4 Å². The molecule has 1 heterocycles. The minimum absolute atomic E-state index is 0.0335. The van der Waals surface area contributed by atoms with Crippen LogP contribution < -0.4 is 5.32 Å². The Morgan fingerprint density at radius 1 is 1.35 bits per heavy atom. The lowest BCUT2D eigenvalue weighted by atomic mass is 10.3. The Hall–Kier alpha value is -2.24. The predicted molar refractivity (Wildman–Crippen MR) is 55.6 cm³/mol. The molecule has 0 fully saturated rings. The zero-order chi connectivity index (χ0) is 12.4. The Morgan fingerprint density at radius 2 is 2.12 bits per heavy atom. The number of carbonyl (C=O) groups is 1. The largest absolute Gasteiger partial charge is 0.361 e. The molecule has 0 saturated heterocycles. The molecule has 1 amide bonds. The van der Waals surface area contributed by atoms with E-state index in [0.717, 1.165) is 12.1 Å². The highest BCUT2D eigenvalue weighted by Crippen LogP contribution is 2.16. The van der Waals surface area contributed by atoms with Crippen LogP contribution in [0.1, 0.15) is 16.2 Å². The summed E-state index contributed by atoms with van der Waals surface area (Å²) in [4.78, 5) is 11.6. The monoisotopic (exact) mass is 238 g/mol. The number of hydrogen-bond acceptors (Lipinski definition) is 3. The summed E-state index contributed by atoms with van der Waals surface area (Å²) in [6.07, 6.45) is 0. The van der Waals surface area contributed by atoms with Crippen LogP contribution in [0.5, 0.6) is 0 Å². The Bertz CT molecular complexity index is 566. The average Bonchev–Trinajstić information content (AvgIpc) is 2.69. The highest BCUT2D eigenvalue weighted by atomic mass is 19.1. The molecular formula is C11H8F2N2O2. The Morgan fingerprint density at radius 3 is 2.71 bits per heavy atom. The second kappa shape index (κ2) is 4.32. The van der Waals surface area contributed by atoms with E-state index in [1.54, 1.807) is 6.92 Å². The summed E-state index contributed by atoms with van der Waals surface area (Å²) in [6, 6.07) is 4.28. The molecule has 0 saturated carbocycles. The van der Waals surface area contributed by atoms with E-state index in [1.807, 2.05) is 0 Å². The van der Waals surface area contributed by atoms with Crippen LogP contribution in [-0.4, -0.2) is 11.1 Å². The van der Waals surface area contributed by atoms with Crippen LogP contribution in [0.3, 0.4) is 0 Å². The highest BCUT2D eigenvalue weighted by Gasteiger charge is 2.13. The SMILES string of the molecule is Cc1cc(C(=O)Nc2ccc(F)cc2F)no1. The fourth-order valence-electron chi connectivity index (χ4n) is 1.25. The van der Waals surface area contributed by atoms with Crippen LogP contribution in [0.4, 0.5) is 14.5 Å². The van der Waals surface area contributed by atoms with Crippen molar-refractivity contribution in [2.24, 2.45) is 0 Å². The molecule has 0 spiro atoms. The van der Waals surface area contributed by atoms with Gasteiger partial charge in [0.25, 0.3) is 5.91 Å². The summed E-state index contributed by atoms with van der Waals surface area (Å²) in [5.41, 5.74) is -0.0803. The van der Waals surface area contributed by atoms with Crippen LogP contribution in [0, 0.1) is 18.6 Å². The van der Waals surface area contributed by atoms with Gasteiger partial charge in [-0.3, -0.25) is 4.79 Å². The lowest BCUT2D eigenvalue weighted by molar-refractivity contribution is 0.101. The third kappa shape index (κ3) is 2.47. The first kappa shape index (κ1) is 11.3. The number of benzene rings is 1. The molecule has 0 atom stereocenters. The van der Waals surface area contributed by atoms with Gasteiger partial charge in [-0.15, -0.1) is 0 Å². The maximum Gasteiger partial charge on any atom is 0.277 e. The molecule has 1 aromatic carbocycles. The van der Waals surface area contributed by atoms with Crippen LogP contribution >= 0.6 is 0 Å². The van der Waals surface area contributed by atoms with Gasteiger partial charge >= 0.3 is 0 Å². The van der Waals surface area contributed by atoms with Crippen LogP contribution in [0.25, 0.3) is 0 Å². The van der Waals surface area contributed by atoms with Gasteiger partial charge in [0.2, 0.25) is 0 Å². The van der Waals surface area contributed by atoms with E-state index in [1.165, 1.54) is 6.07 Å². The fraction of sp³-hybridized carbons (Fsp3) is 0.0909. The van der Waals surface area contributed by atoms with E-state index >= 15 is 0 Å². The number of nitrogens with one attached hydrogen (secondary N) is 1. The van der Waals surface area contributed by atoms with Crippen LogP contribution in [-0.2, 0) is 0 Å². The highest BCUT2D eigenvalue weighted by molar-refractivity contribution is 6.02. The number of aromatic nitrogens is 1. The summed E-state index contributed by atoms with van der Waals surface area (Å²) in [6.45, 7) is 1.63. The summed E-state index contributed by atoms with van der Waals surface area (Å²) < 4.78 is 30.6. The molecule has 0 unspecified atom stereocenters. The molecule has 1 aromatic heterocycles. The van der Waals surface area contributed by atoms with Crippen molar-refractivity contribution in [1.29, 1.82) is 0 Å². The van der Waals surface area contributed by atoms with Gasteiger partial charge in [0.15, 0.2) is 5.69 Å². The molecule has 0 aliphatic heterocycles. The molecule has 88 valence electrons. The van der Waals surface area contributed by atoms with E-state index in [9.17, 15) is 13.6 Å². The first-order valence-electron chi connectivity index (χ1n) is 4.76. The van der Waals surface area contributed by atoms with Crippen molar-refractivity contribution in [2.45, 2.75) is 6.92 Å². The maximum absolute atomic E-state index is 13.2. The molecule has 0 aliphatic carbocycles. The minimum Gasteiger partial charge on any atom is -0.361 e. The Labute approximate surface area is 95.2 Å². The van der Waals surface area contributed by atoms with Gasteiger partial charge < -0.3 is 9.84 Å². The van der Waals surface area contributed by atoms with Crippen LogP contribution in [0.15, 0.2) is 28.8 Å². The molecule has 1 N–H and O–H groups in total. The van der Waals surface area contributed by atoms with Crippen molar-refractivity contribution in [2.75, 3.05) is 5.32 Å². The number of rotatable bonds is 2. The number of hydrogen-bond donors (Lipinski definition) is 1. The fourth-order valence-corrected chi connectivity index (χ4v) is 1.25. The van der Waals surface area contributed by atoms with Gasteiger partial charge in [0.05, 0.1) is 5.69 Å². The zero-order valence-electron chi connectivity index (χ0n) is 8.83. The first-order valence-corrected chi connectivity index (χ1v) is 4.76. The van der Waals surface area contributed by atoms with E-state index in [-0.39, 0.29) is 11.4 Å². The zero-order valence-corrected chi connectivity index (χ0v) is 8.83. The van der Waals surface area contributed by atoms with Crippen molar-refractivity contribution in [3.63, 3.8) is 0 Å². The van der Waals surface area contributed by atoms with Gasteiger partial charge in [-0.25, -0.2) is 8.78 Å². The predicted octanol–water partition coefficient (Wildman–Crippen LogP) is 2.51. The number of halogens is 2. The second-order valence-corrected chi connectivity index (χ2v) is 3.40. The minimum atomic E-state index is -0.849. The van der Waals surface area contributed by atoms with Gasteiger partial charge in [0, 0.05) is 12.1 Å². The molecule has 0 bridgehead atoms. The van der Waals surface area contributed by atoms with Crippen molar-refractivity contribution in [1.82, 2.24) is 5.16 Å². The Kier molecular flexibility index (Phi) is 2.86. The maximum atomic E-state index is 13.2. The van der Waals surface area contributed by atoms with E-state index in [2.05, 4.69) is 10.5 Å². The molecular weight excluding hydrogens is 230 g/mol. The van der Waals surface area contributed by atoms with Crippen molar-refractivity contribution < 1.29 is 18.1 Å². The van der Waals surface area contributed by atoms with Crippen molar-refractivity contribution in [3.8, 4) is 0 Å². The standard InChI is InChI=1S/C11H8F2N2O2/c1-6-4-10(15-17-6)11(16)14-9-3-2-7(12)5-8(9)13/h2-5H,1H3,(H,14,16). The first-order chi connectivity index (χ1) is 8.06. The number of carbonyl (C=O) groups excluding carboxylic acids is 1. The third-order valence-electron chi connectivity index (χ3n) is 2.04. The summed E-state index contributed by atoms with van der Waals surface area (Å²) in [5.74, 6) is -1.71. The quantitative estimate of drug-likeness (QED) is 0.874. The summed E-state index contributed by atoms with van der Waals surface area (Å²) in [7, 11) is 0. The number of anilines is 1. The van der Waals surface area contributed by atoms with Crippen molar-refractivity contribution >= 4 is 11.6 Å². The third-order valence-corrected chi connectivity index (χ3v) is 2.04. The molecule has 0 aliphatic rings. The van der Waals surface area contributed by atoms with E-state index in [4.69, 9.17) is 4.52 Å². The molecule has 0 radical (unpaired) electrons. The molecule has 4 nitrogen and oxygen atoms in total. The molecule has 2 rings (SSSR count). The number of amides is 1. The van der Waals surface area contributed by atoms with Gasteiger partial charge in [-0.05, 0) is 19.1 Å². The molecule has 6 heteroatoms. The van der Waals surface area contributed by atoms with Crippen LogP contribution in [0.2, 0.25) is 0 Å². The molecule has 2 aromatic rings. The Balaban J connectivity index is 2.18. The number of nitrogens with zero attached hydrogens (tertiary/aromatic N) is 1. The lowest BCUT2D eigenvalue weighted by Gasteiger charge is -2.03. The molecule has 17 heavy (non-hydrogen) atoms. The average molecular weight is 238 g/mol. The smallest absolute Gasteiger partial charge is 0.277 e. The van der Waals surface area contributed by atoms with Gasteiger partial charge in [-0.2, -0.15) is 0 Å². The van der Waals surface area contributed by atoms with E-state index < -0.39 is 17.5 Å². The van der Waals surface area contributed by atoms with Gasteiger partial charge in [0.1, 0.15) is 17.4 Å². The lowest BCUT2D eigenvalue weighted by Crippen LogP contribution is -2.13. The topological polar surface area (TPSA) is 55.1 Å². The summed E-state index contributed by atoms with van der Waals surface area (Å²) >= 11 is 0. The normalized spacial score (nSPS) is 10.3.